The molecule has 2 heterocycles. The number of piperidine rings is 2. The lowest BCUT2D eigenvalue weighted by Crippen LogP contribution is -2.50. The summed E-state index contributed by atoms with van der Waals surface area (Å²) in [7, 11) is -3.53. The molecule has 1 saturated carbocycles. The summed E-state index contributed by atoms with van der Waals surface area (Å²) in [6, 6.07) is 7.00. The van der Waals surface area contributed by atoms with Gasteiger partial charge in [-0.2, -0.15) is 4.31 Å². The van der Waals surface area contributed by atoms with E-state index >= 15 is 0 Å². The van der Waals surface area contributed by atoms with E-state index in [4.69, 9.17) is 0 Å². The summed E-state index contributed by atoms with van der Waals surface area (Å²) in [6.07, 6.45) is 7.85. The van der Waals surface area contributed by atoms with Crippen molar-refractivity contribution in [2.75, 3.05) is 26.2 Å². The molecule has 0 aromatic heterocycles. The van der Waals surface area contributed by atoms with Crippen molar-refractivity contribution in [1.82, 2.24) is 9.21 Å². The number of carbonyl (C=O) groups excluding carboxylic acids is 1. The van der Waals surface area contributed by atoms with Crippen molar-refractivity contribution in [3.05, 3.63) is 29.8 Å². The smallest absolute Gasteiger partial charge is 0.243 e. The number of likely N-dealkylation sites (tertiary alicyclic amines) is 1. The molecule has 0 unspecified atom stereocenters. The lowest BCUT2D eigenvalue weighted by atomic mass is 9.75. The van der Waals surface area contributed by atoms with Crippen LogP contribution in [0.5, 0.6) is 0 Å². The van der Waals surface area contributed by atoms with Crippen molar-refractivity contribution in [1.29, 1.82) is 0 Å². The Labute approximate surface area is 169 Å². The number of sulfonamides is 1. The van der Waals surface area contributed by atoms with Crippen LogP contribution in [0.25, 0.3) is 0 Å². The summed E-state index contributed by atoms with van der Waals surface area (Å²) in [5.41, 5.74) is 1.04. The highest BCUT2D eigenvalue weighted by Crippen LogP contribution is 2.37. The maximum absolute atomic E-state index is 13.2. The SMILES string of the molecule is Cc1ccc(S(=O)(=O)N2CCC[C@H](C(=O)N3CC[C@H]4CCCC[C@@H]4C3)C2)cc1. The summed E-state index contributed by atoms with van der Waals surface area (Å²) < 4.78 is 27.6. The second-order valence-electron chi connectivity index (χ2n) is 8.89. The number of hydrogen-bond acceptors (Lipinski definition) is 3. The molecule has 3 fully saturated rings. The molecule has 1 amide bonds. The number of aryl methyl sites for hydroxylation is 1. The van der Waals surface area contributed by atoms with Crippen molar-refractivity contribution in [2.24, 2.45) is 17.8 Å². The van der Waals surface area contributed by atoms with Crippen LogP contribution in [0, 0.1) is 24.7 Å². The fourth-order valence-electron chi connectivity index (χ4n) is 5.28. The predicted octanol–water partition coefficient (Wildman–Crippen LogP) is 3.43. The first-order chi connectivity index (χ1) is 13.4. The molecule has 0 N–H and O–H groups in total. The maximum atomic E-state index is 13.2. The van der Waals surface area contributed by atoms with Crippen LogP contribution in [0.15, 0.2) is 29.2 Å². The summed E-state index contributed by atoms with van der Waals surface area (Å²) in [5, 5.41) is 0. The van der Waals surface area contributed by atoms with Crippen LogP contribution in [0.2, 0.25) is 0 Å². The lowest BCUT2D eigenvalue weighted by Gasteiger charge is -2.43. The Bertz CT molecular complexity index is 806. The summed E-state index contributed by atoms with van der Waals surface area (Å²) in [4.78, 5) is 15.6. The van der Waals surface area contributed by atoms with Gasteiger partial charge in [0.2, 0.25) is 15.9 Å². The quantitative estimate of drug-likeness (QED) is 0.775. The van der Waals surface area contributed by atoms with E-state index in [1.54, 1.807) is 12.1 Å². The van der Waals surface area contributed by atoms with Crippen molar-refractivity contribution < 1.29 is 13.2 Å². The monoisotopic (exact) mass is 404 g/mol. The van der Waals surface area contributed by atoms with Crippen LogP contribution in [0.3, 0.4) is 0 Å². The van der Waals surface area contributed by atoms with Crippen LogP contribution in [-0.4, -0.2) is 49.7 Å². The average Bonchev–Trinajstić information content (AvgIpc) is 2.73. The number of fused-ring (bicyclic) bond motifs is 1. The Morgan fingerprint density at radius 2 is 1.61 bits per heavy atom. The van der Waals surface area contributed by atoms with Crippen molar-refractivity contribution in [2.45, 2.75) is 56.8 Å². The first-order valence-electron chi connectivity index (χ1n) is 10.8. The number of rotatable bonds is 3. The van der Waals surface area contributed by atoms with Gasteiger partial charge in [-0.3, -0.25) is 4.79 Å². The highest BCUT2D eigenvalue weighted by molar-refractivity contribution is 7.89. The molecular weight excluding hydrogens is 372 g/mol. The minimum atomic E-state index is -3.53. The third-order valence-electron chi connectivity index (χ3n) is 6.99. The molecule has 1 aromatic rings. The first-order valence-corrected chi connectivity index (χ1v) is 12.2. The third kappa shape index (κ3) is 3.99. The molecule has 2 aliphatic heterocycles. The van der Waals surface area contributed by atoms with E-state index in [-0.39, 0.29) is 11.8 Å². The number of benzene rings is 1. The fourth-order valence-corrected chi connectivity index (χ4v) is 6.80. The van der Waals surface area contributed by atoms with Gasteiger partial charge in [0.15, 0.2) is 0 Å². The molecule has 154 valence electrons. The standard InChI is InChI=1S/C22H32N2O3S/c1-17-8-10-21(11-9-17)28(26,27)24-13-4-7-20(16-24)22(25)23-14-12-18-5-2-3-6-19(18)15-23/h8-11,18-20H,2-7,12-16H2,1H3/t18-,19-,20+/m1/s1. The van der Waals surface area contributed by atoms with Gasteiger partial charge in [-0.05, 0) is 56.6 Å². The average molecular weight is 405 g/mol. The Balaban J connectivity index is 1.43. The number of nitrogens with zero attached hydrogens (tertiary/aromatic N) is 2. The van der Waals surface area contributed by atoms with Crippen molar-refractivity contribution in [3.8, 4) is 0 Å². The highest BCUT2D eigenvalue weighted by Gasteiger charge is 2.38. The van der Waals surface area contributed by atoms with Gasteiger partial charge in [0.05, 0.1) is 10.8 Å². The van der Waals surface area contributed by atoms with Crippen LogP contribution in [-0.2, 0) is 14.8 Å². The van der Waals surface area contributed by atoms with Gasteiger partial charge in [0, 0.05) is 26.2 Å². The second kappa shape index (κ2) is 8.15. The Morgan fingerprint density at radius 3 is 2.36 bits per heavy atom. The predicted molar refractivity (Wildman–Crippen MR) is 109 cm³/mol. The van der Waals surface area contributed by atoms with Crippen LogP contribution < -0.4 is 0 Å². The van der Waals surface area contributed by atoms with E-state index < -0.39 is 10.0 Å². The molecule has 6 heteroatoms. The van der Waals surface area contributed by atoms with Gasteiger partial charge in [-0.15, -0.1) is 0 Å². The Kier molecular flexibility index (Phi) is 5.79. The van der Waals surface area contributed by atoms with Gasteiger partial charge in [0.25, 0.3) is 0 Å². The van der Waals surface area contributed by atoms with Gasteiger partial charge >= 0.3 is 0 Å². The minimum absolute atomic E-state index is 0.174. The molecule has 5 nitrogen and oxygen atoms in total. The van der Waals surface area contributed by atoms with E-state index in [1.807, 2.05) is 24.0 Å². The molecular formula is C22H32N2O3S. The zero-order valence-corrected chi connectivity index (χ0v) is 17.7. The zero-order chi connectivity index (χ0) is 19.7. The molecule has 0 bridgehead atoms. The molecule has 2 saturated heterocycles. The van der Waals surface area contributed by atoms with E-state index in [0.717, 1.165) is 43.8 Å². The molecule has 3 aliphatic rings. The minimum Gasteiger partial charge on any atom is -0.342 e. The second-order valence-corrected chi connectivity index (χ2v) is 10.8. The van der Waals surface area contributed by atoms with Gasteiger partial charge < -0.3 is 4.90 Å². The zero-order valence-electron chi connectivity index (χ0n) is 16.8. The van der Waals surface area contributed by atoms with E-state index in [0.29, 0.717) is 23.9 Å². The Morgan fingerprint density at radius 1 is 0.893 bits per heavy atom. The van der Waals surface area contributed by atoms with E-state index in [9.17, 15) is 13.2 Å². The largest absolute Gasteiger partial charge is 0.342 e. The molecule has 1 aliphatic carbocycles. The summed E-state index contributed by atoms with van der Waals surface area (Å²) in [5.74, 6) is 1.42. The Hall–Kier alpha value is -1.40. The van der Waals surface area contributed by atoms with Crippen LogP contribution in [0.1, 0.15) is 50.5 Å². The normalized spacial score (nSPS) is 29.3. The fraction of sp³-hybridized carbons (Fsp3) is 0.682. The molecule has 0 spiro atoms. The number of carbonyl (C=O) groups is 1. The first kappa shape index (κ1) is 19.9. The number of amides is 1. The molecule has 0 radical (unpaired) electrons. The van der Waals surface area contributed by atoms with Crippen molar-refractivity contribution >= 4 is 15.9 Å². The van der Waals surface area contributed by atoms with E-state index in [2.05, 4.69) is 0 Å². The van der Waals surface area contributed by atoms with Gasteiger partial charge in [-0.1, -0.05) is 37.0 Å². The molecule has 1 aromatic carbocycles. The molecule has 3 atom stereocenters. The maximum Gasteiger partial charge on any atom is 0.243 e. The van der Waals surface area contributed by atoms with Gasteiger partial charge in [-0.25, -0.2) is 8.42 Å². The topological polar surface area (TPSA) is 57.7 Å². The summed E-state index contributed by atoms with van der Waals surface area (Å²) in [6.45, 7) is 4.50. The summed E-state index contributed by atoms with van der Waals surface area (Å²) >= 11 is 0. The third-order valence-corrected chi connectivity index (χ3v) is 8.87. The molecule has 4 rings (SSSR count). The lowest BCUT2D eigenvalue weighted by molar-refractivity contribution is -0.139. The molecule has 28 heavy (non-hydrogen) atoms. The highest BCUT2D eigenvalue weighted by atomic mass is 32.2. The van der Waals surface area contributed by atoms with Crippen LogP contribution in [0.4, 0.5) is 0 Å². The number of hydrogen-bond donors (Lipinski definition) is 0. The van der Waals surface area contributed by atoms with Crippen LogP contribution >= 0.6 is 0 Å². The van der Waals surface area contributed by atoms with E-state index in [1.165, 1.54) is 30.0 Å². The van der Waals surface area contributed by atoms with Crippen molar-refractivity contribution in [3.63, 3.8) is 0 Å². The van der Waals surface area contributed by atoms with Gasteiger partial charge in [0.1, 0.15) is 0 Å².